The molecule has 0 radical (unpaired) electrons. The van der Waals surface area contributed by atoms with Crippen molar-refractivity contribution in [3.05, 3.63) is 77.6 Å². The molecular formula is C23H20N4O3S. The van der Waals surface area contributed by atoms with Crippen LogP contribution in [0.5, 0.6) is 0 Å². The van der Waals surface area contributed by atoms with E-state index in [9.17, 15) is 9.59 Å². The summed E-state index contributed by atoms with van der Waals surface area (Å²) in [6.45, 7) is 2.11. The molecule has 5 rings (SSSR count). The molecule has 2 aliphatic heterocycles. The highest BCUT2D eigenvalue weighted by Crippen LogP contribution is 2.49. The van der Waals surface area contributed by atoms with Gasteiger partial charge in [0.2, 0.25) is 5.91 Å². The summed E-state index contributed by atoms with van der Waals surface area (Å²) in [6.07, 6.45) is 1.67. The molecule has 3 aromatic rings. The molecule has 0 aliphatic carbocycles. The van der Waals surface area contributed by atoms with E-state index in [2.05, 4.69) is 9.97 Å². The van der Waals surface area contributed by atoms with Crippen LogP contribution in [-0.2, 0) is 26.7 Å². The number of aryl methyl sites for hydroxylation is 1. The van der Waals surface area contributed by atoms with Crippen LogP contribution >= 0.6 is 11.8 Å². The number of carbonyl (C=O) groups excluding carboxylic acids is 2. The summed E-state index contributed by atoms with van der Waals surface area (Å²) in [5, 5.41) is 0.517. The van der Waals surface area contributed by atoms with Gasteiger partial charge in [-0.3, -0.25) is 14.5 Å². The highest BCUT2D eigenvalue weighted by atomic mass is 32.2. The Morgan fingerprint density at radius 2 is 1.87 bits per heavy atom. The zero-order valence-corrected chi connectivity index (χ0v) is 17.9. The van der Waals surface area contributed by atoms with Crippen LogP contribution in [0.3, 0.4) is 0 Å². The Morgan fingerprint density at radius 1 is 1.13 bits per heavy atom. The van der Waals surface area contributed by atoms with Gasteiger partial charge in [-0.25, -0.2) is 9.97 Å². The monoisotopic (exact) mass is 432 g/mol. The van der Waals surface area contributed by atoms with Crippen LogP contribution < -0.4 is 9.80 Å². The number of fused-ring (bicyclic) bond motifs is 3. The fraction of sp³-hybridized carbons (Fsp3) is 0.217. The van der Waals surface area contributed by atoms with Crippen molar-refractivity contribution in [3.63, 3.8) is 0 Å². The Bertz CT molecular complexity index is 1200. The molecule has 1 spiro atoms. The first-order chi connectivity index (χ1) is 15.0. The minimum atomic E-state index is -1.52. The quantitative estimate of drug-likeness (QED) is 0.467. The topological polar surface area (TPSA) is 75.6 Å². The van der Waals surface area contributed by atoms with Crippen molar-refractivity contribution < 1.29 is 14.3 Å². The first kappa shape index (κ1) is 19.7. The van der Waals surface area contributed by atoms with Crippen molar-refractivity contribution in [1.82, 2.24) is 9.97 Å². The van der Waals surface area contributed by atoms with E-state index in [1.165, 1.54) is 16.7 Å². The number of ether oxygens (including phenoxy) is 1. The van der Waals surface area contributed by atoms with Crippen LogP contribution in [0.15, 0.2) is 66.0 Å². The summed E-state index contributed by atoms with van der Waals surface area (Å²) in [7, 11) is 1.71. The summed E-state index contributed by atoms with van der Waals surface area (Å²) < 4.78 is 6.24. The zero-order chi connectivity index (χ0) is 21.6. The van der Waals surface area contributed by atoms with E-state index in [1.807, 2.05) is 55.5 Å². The van der Waals surface area contributed by atoms with Gasteiger partial charge in [-0.1, -0.05) is 48.2 Å². The Hall–Kier alpha value is -3.23. The minimum absolute atomic E-state index is 0.0715. The van der Waals surface area contributed by atoms with Crippen LogP contribution in [0.4, 0.5) is 11.4 Å². The molecule has 0 N–H and O–H groups in total. The smallest absolute Gasteiger partial charge is 0.285 e. The molecule has 31 heavy (non-hydrogen) atoms. The number of likely N-dealkylation sites (N-methyl/N-ethyl adjacent to an activating group) is 1. The van der Waals surface area contributed by atoms with Gasteiger partial charge in [-0.2, -0.15) is 0 Å². The average Bonchev–Trinajstić information content (AvgIpc) is 3.00. The second kappa shape index (κ2) is 7.47. The molecule has 1 aromatic heterocycles. The van der Waals surface area contributed by atoms with Gasteiger partial charge in [0.05, 0.1) is 23.7 Å². The second-order valence-corrected chi connectivity index (χ2v) is 8.38. The summed E-state index contributed by atoms with van der Waals surface area (Å²) in [5.41, 5.74) is 2.25. The normalized spacial score (nSPS) is 19.5. The van der Waals surface area contributed by atoms with Crippen molar-refractivity contribution >= 4 is 35.0 Å². The van der Waals surface area contributed by atoms with E-state index in [1.54, 1.807) is 24.2 Å². The van der Waals surface area contributed by atoms with Crippen molar-refractivity contribution in [2.24, 2.45) is 0 Å². The van der Waals surface area contributed by atoms with Gasteiger partial charge in [-0.05, 0) is 25.1 Å². The van der Waals surface area contributed by atoms with Gasteiger partial charge in [0.1, 0.15) is 0 Å². The standard InChI is InChI=1S/C23H20N4O3S/c1-15-11-12-24-22(25-15)31-14-20(28)27-18-9-5-3-7-16(18)13-30-23(27)17-8-4-6-10-19(17)26(2)21(23)29/h3-12H,13-14H2,1-2H3. The van der Waals surface area contributed by atoms with Gasteiger partial charge >= 0.3 is 0 Å². The molecule has 8 heteroatoms. The number of carbonyl (C=O) groups is 2. The third-order valence-electron chi connectivity index (χ3n) is 5.56. The predicted octanol–water partition coefficient (Wildman–Crippen LogP) is 3.27. The number of thioether (sulfide) groups is 1. The Balaban J connectivity index is 1.59. The Labute approximate surface area is 184 Å². The summed E-state index contributed by atoms with van der Waals surface area (Å²) in [4.78, 5) is 38.9. The maximum atomic E-state index is 13.6. The number of hydrogen-bond acceptors (Lipinski definition) is 6. The van der Waals surface area contributed by atoms with E-state index >= 15 is 0 Å². The lowest BCUT2D eigenvalue weighted by Crippen LogP contribution is -2.59. The summed E-state index contributed by atoms with van der Waals surface area (Å²) in [5.74, 6) is -0.462. The fourth-order valence-electron chi connectivity index (χ4n) is 4.12. The number of rotatable bonds is 3. The predicted molar refractivity (Wildman–Crippen MR) is 118 cm³/mol. The van der Waals surface area contributed by atoms with Gasteiger partial charge in [0, 0.05) is 30.1 Å². The number of benzene rings is 2. The zero-order valence-electron chi connectivity index (χ0n) is 17.1. The third-order valence-corrected chi connectivity index (χ3v) is 6.40. The van der Waals surface area contributed by atoms with Crippen molar-refractivity contribution in [2.45, 2.75) is 24.4 Å². The first-order valence-corrected chi connectivity index (χ1v) is 10.9. The van der Waals surface area contributed by atoms with Crippen LogP contribution in [0, 0.1) is 6.92 Å². The highest BCUT2D eigenvalue weighted by Gasteiger charge is 2.59. The van der Waals surface area contributed by atoms with E-state index in [0.29, 0.717) is 16.4 Å². The fourth-order valence-corrected chi connectivity index (χ4v) is 4.85. The number of aromatic nitrogens is 2. The molecule has 2 aromatic carbocycles. The van der Waals surface area contributed by atoms with Crippen molar-refractivity contribution in [2.75, 3.05) is 22.6 Å². The molecule has 0 saturated heterocycles. The highest BCUT2D eigenvalue weighted by molar-refractivity contribution is 7.99. The summed E-state index contributed by atoms with van der Waals surface area (Å²) >= 11 is 1.24. The number of hydrogen-bond donors (Lipinski definition) is 0. The molecule has 3 heterocycles. The molecule has 0 saturated carbocycles. The van der Waals surface area contributed by atoms with E-state index in [4.69, 9.17) is 4.74 Å². The molecule has 0 bridgehead atoms. The second-order valence-electron chi connectivity index (χ2n) is 7.44. The number of anilines is 2. The number of para-hydroxylation sites is 2. The Kier molecular flexibility index (Phi) is 4.75. The van der Waals surface area contributed by atoms with Crippen LogP contribution in [0.1, 0.15) is 16.8 Å². The maximum absolute atomic E-state index is 13.6. The lowest BCUT2D eigenvalue weighted by molar-refractivity contribution is -0.152. The van der Waals surface area contributed by atoms with Gasteiger partial charge in [-0.15, -0.1) is 0 Å². The molecule has 1 unspecified atom stereocenters. The van der Waals surface area contributed by atoms with Crippen molar-refractivity contribution in [3.8, 4) is 0 Å². The third kappa shape index (κ3) is 3.02. The molecule has 0 fully saturated rings. The van der Waals surface area contributed by atoms with Crippen LogP contribution in [0.2, 0.25) is 0 Å². The molecule has 156 valence electrons. The maximum Gasteiger partial charge on any atom is 0.285 e. The van der Waals surface area contributed by atoms with Gasteiger partial charge < -0.3 is 9.64 Å². The molecule has 7 nitrogen and oxygen atoms in total. The lowest BCUT2D eigenvalue weighted by atomic mass is 9.97. The number of nitrogens with zero attached hydrogens (tertiary/aromatic N) is 4. The SMILES string of the molecule is Cc1ccnc(SCC(=O)N2c3ccccc3COC23C(=O)N(C)c2ccccc23)n1. The van der Waals surface area contributed by atoms with Crippen LogP contribution in [0.25, 0.3) is 0 Å². The lowest BCUT2D eigenvalue weighted by Gasteiger charge is -2.43. The largest absolute Gasteiger partial charge is 0.338 e. The molecule has 1 atom stereocenters. The van der Waals surface area contributed by atoms with E-state index < -0.39 is 5.72 Å². The van der Waals surface area contributed by atoms with E-state index in [0.717, 1.165) is 16.9 Å². The van der Waals surface area contributed by atoms with Gasteiger partial charge in [0.15, 0.2) is 5.16 Å². The average molecular weight is 433 g/mol. The Morgan fingerprint density at radius 3 is 2.68 bits per heavy atom. The van der Waals surface area contributed by atoms with E-state index in [-0.39, 0.29) is 24.2 Å². The molecular weight excluding hydrogens is 412 g/mol. The summed E-state index contributed by atoms with van der Waals surface area (Å²) in [6, 6.07) is 16.8. The van der Waals surface area contributed by atoms with Gasteiger partial charge in [0.25, 0.3) is 11.6 Å². The number of amides is 2. The molecule has 2 aliphatic rings. The van der Waals surface area contributed by atoms with Crippen LogP contribution in [-0.4, -0.2) is 34.6 Å². The first-order valence-electron chi connectivity index (χ1n) is 9.87. The minimum Gasteiger partial charge on any atom is -0.338 e. The van der Waals surface area contributed by atoms with Crippen molar-refractivity contribution in [1.29, 1.82) is 0 Å². The molecule has 2 amide bonds.